The fourth-order valence-corrected chi connectivity index (χ4v) is 3.15. The molecule has 4 nitrogen and oxygen atoms in total. The Morgan fingerprint density at radius 3 is 2.04 bits per heavy atom. The fourth-order valence-electron chi connectivity index (χ4n) is 3.15. The van der Waals surface area contributed by atoms with Crippen molar-refractivity contribution in [1.29, 1.82) is 0 Å². The zero-order valence-corrected chi connectivity index (χ0v) is 14.3. The molecule has 0 saturated carbocycles. The summed E-state index contributed by atoms with van der Waals surface area (Å²) in [6, 6.07) is 23.0. The minimum absolute atomic E-state index is 0.0232. The molecule has 0 saturated heterocycles. The van der Waals surface area contributed by atoms with Crippen LogP contribution in [-0.2, 0) is 0 Å². The monoisotopic (exact) mass is 328 g/mol. The lowest BCUT2D eigenvalue weighted by Gasteiger charge is -2.21. The Morgan fingerprint density at radius 2 is 1.44 bits per heavy atom. The Kier molecular flexibility index (Phi) is 3.94. The van der Waals surface area contributed by atoms with Crippen LogP contribution in [0.3, 0.4) is 0 Å². The van der Waals surface area contributed by atoms with E-state index in [1.807, 2.05) is 26.0 Å². The van der Waals surface area contributed by atoms with Crippen LogP contribution in [0.5, 0.6) is 0 Å². The number of aromatic amines is 1. The van der Waals surface area contributed by atoms with Crippen LogP contribution >= 0.6 is 0 Å². The summed E-state index contributed by atoms with van der Waals surface area (Å²) in [5.41, 5.74) is 4.34. The molecule has 2 aromatic heterocycles. The molecule has 0 amide bonds. The van der Waals surface area contributed by atoms with Gasteiger partial charge in [0.05, 0.1) is 11.4 Å². The van der Waals surface area contributed by atoms with Crippen molar-refractivity contribution in [3.63, 3.8) is 0 Å². The zero-order valence-electron chi connectivity index (χ0n) is 14.3. The lowest BCUT2D eigenvalue weighted by Crippen LogP contribution is -2.14. The average molecular weight is 328 g/mol. The number of hydrogen-bond donors (Lipinski definition) is 2. The Bertz CT molecular complexity index is 951. The summed E-state index contributed by atoms with van der Waals surface area (Å²) < 4.78 is 0. The molecule has 0 spiro atoms. The fraction of sp³-hybridized carbons (Fsp3) is 0.143. The Hall–Kier alpha value is -3.14. The van der Waals surface area contributed by atoms with Gasteiger partial charge in [0.25, 0.3) is 0 Å². The van der Waals surface area contributed by atoms with Gasteiger partial charge in [0.2, 0.25) is 0 Å². The summed E-state index contributed by atoms with van der Waals surface area (Å²) >= 11 is 0. The number of H-pyrrole nitrogens is 1. The van der Waals surface area contributed by atoms with Crippen LogP contribution in [0.15, 0.2) is 66.7 Å². The van der Waals surface area contributed by atoms with Crippen molar-refractivity contribution in [3.8, 4) is 0 Å². The molecule has 0 unspecified atom stereocenters. The molecule has 2 aromatic carbocycles. The first kappa shape index (κ1) is 15.4. The first-order valence-corrected chi connectivity index (χ1v) is 8.41. The minimum Gasteiger partial charge on any atom is -0.358 e. The third-order valence-electron chi connectivity index (χ3n) is 4.28. The number of benzene rings is 2. The number of aromatic nitrogens is 3. The zero-order chi connectivity index (χ0) is 17.2. The molecule has 0 aliphatic carbocycles. The molecule has 0 atom stereocenters. The molecule has 2 N–H and O–H groups in total. The Labute approximate surface area is 147 Å². The molecule has 4 aromatic rings. The summed E-state index contributed by atoms with van der Waals surface area (Å²) in [5, 5.41) is 4.65. The normalized spacial score (nSPS) is 11.2. The van der Waals surface area contributed by atoms with Crippen molar-refractivity contribution in [2.45, 2.75) is 19.9 Å². The van der Waals surface area contributed by atoms with E-state index >= 15 is 0 Å². The highest BCUT2D eigenvalue weighted by Crippen LogP contribution is 2.29. The molecule has 0 bridgehead atoms. The van der Waals surface area contributed by atoms with E-state index in [0.29, 0.717) is 0 Å². The van der Waals surface area contributed by atoms with Crippen molar-refractivity contribution in [2.75, 3.05) is 5.32 Å². The van der Waals surface area contributed by atoms with E-state index in [1.54, 1.807) is 0 Å². The molecule has 25 heavy (non-hydrogen) atoms. The van der Waals surface area contributed by atoms with E-state index in [4.69, 9.17) is 0 Å². The number of anilines is 1. The van der Waals surface area contributed by atoms with Crippen molar-refractivity contribution in [2.24, 2.45) is 0 Å². The molecule has 124 valence electrons. The summed E-state index contributed by atoms with van der Waals surface area (Å²) in [5.74, 6) is 1.60. The lowest BCUT2D eigenvalue weighted by atomic mass is 9.98. The third-order valence-corrected chi connectivity index (χ3v) is 4.28. The van der Waals surface area contributed by atoms with Gasteiger partial charge in [-0.25, -0.2) is 9.97 Å². The Morgan fingerprint density at radius 1 is 0.840 bits per heavy atom. The van der Waals surface area contributed by atoms with Crippen LogP contribution in [0.25, 0.3) is 11.0 Å². The molecular formula is C21H20N4. The average Bonchev–Trinajstić information content (AvgIpc) is 3.01. The van der Waals surface area contributed by atoms with Crippen LogP contribution in [0.4, 0.5) is 5.82 Å². The quantitative estimate of drug-likeness (QED) is 0.567. The van der Waals surface area contributed by atoms with Gasteiger partial charge in [-0.05, 0) is 31.0 Å². The summed E-state index contributed by atoms with van der Waals surface area (Å²) in [4.78, 5) is 12.5. The van der Waals surface area contributed by atoms with E-state index in [1.165, 1.54) is 11.1 Å². The van der Waals surface area contributed by atoms with Crippen LogP contribution < -0.4 is 5.32 Å². The first-order chi connectivity index (χ1) is 12.2. The predicted molar refractivity (Wildman–Crippen MR) is 102 cm³/mol. The lowest BCUT2D eigenvalue weighted by molar-refractivity contribution is 0.921. The van der Waals surface area contributed by atoms with E-state index in [-0.39, 0.29) is 6.04 Å². The first-order valence-electron chi connectivity index (χ1n) is 8.41. The maximum Gasteiger partial charge on any atom is 0.143 e. The van der Waals surface area contributed by atoms with E-state index in [0.717, 1.165) is 28.4 Å². The van der Waals surface area contributed by atoms with Crippen molar-refractivity contribution in [3.05, 3.63) is 89.4 Å². The topological polar surface area (TPSA) is 53.6 Å². The molecule has 0 aliphatic rings. The summed E-state index contributed by atoms with van der Waals surface area (Å²) in [7, 11) is 0. The highest BCUT2D eigenvalue weighted by atomic mass is 15.1. The van der Waals surface area contributed by atoms with E-state index < -0.39 is 0 Å². The predicted octanol–water partition coefficient (Wildman–Crippen LogP) is 4.78. The van der Waals surface area contributed by atoms with Gasteiger partial charge in [0, 0.05) is 5.69 Å². The number of aryl methyl sites for hydroxylation is 2. The number of nitrogens with one attached hydrogen (secondary N) is 2. The van der Waals surface area contributed by atoms with Crippen LogP contribution in [0.1, 0.15) is 28.7 Å². The molecule has 2 heterocycles. The number of rotatable bonds is 4. The van der Waals surface area contributed by atoms with Crippen LogP contribution in [-0.4, -0.2) is 15.0 Å². The van der Waals surface area contributed by atoms with Crippen LogP contribution in [0, 0.1) is 13.8 Å². The third kappa shape index (κ3) is 3.11. The molecule has 4 heteroatoms. The maximum absolute atomic E-state index is 4.66. The van der Waals surface area contributed by atoms with E-state index in [9.17, 15) is 0 Å². The van der Waals surface area contributed by atoms with Gasteiger partial charge < -0.3 is 10.3 Å². The van der Waals surface area contributed by atoms with Gasteiger partial charge in [-0.2, -0.15) is 0 Å². The molecule has 0 aliphatic heterocycles. The van der Waals surface area contributed by atoms with Crippen LogP contribution in [0.2, 0.25) is 0 Å². The standard InChI is InChI=1S/C21H20N4/c1-14-13-18-20(22-14)23-15(2)24-21(18)25-19(16-9-5-3-6-10-16)17-11-7-4-8-12-17/h3-13,19H,1-2H3,(H2,22,23,24,25). The van der Waals surface area contributed by atoms with Gasteiger partial charge in [-0.15, -0.1) is 0 Å². The number of nitrogens with zero attached hydrogens (tertiary/aromatic N) is 2. The van der Waals surface area contributed by atoms with Gasteiger partial charge >= 0.3 is 0 Å². The largest absolute Gasteiger partial charge is 0.358 e. The second kappa shape index (κ2) is 6.40. The second-order valence-electron chi connectivity index (χ2n) is 6.23. The molecular weight excluding hydrogens is 308 g/mol. The summed E-state index contributed by atoms with van der Waals surface area (Å²) in [6.07, 6.45) is 0. The van der Waals surface area contributed by atoms with Gasteiger partial charge in [-0.1, -0.05) is 60.7 Å². The second-order valence-corrected chi connectivity index (χ2v) is 6.23. The highest BCUT2D eigenvalue weighted by Gasteiger charge is 2.17. The smallest absolute Gasteiger partial charge is 0.143 e. The molecule has 0 fully saturated rings. The molecule has 4 rings (SSSR count). The Balaban J connectivity index is 1.82. The van der Waals surface area contributed by atoms with Gasteiger partial charge in [0.1, 0.15) is 17.3 Å². The minimum atomic E-state index is 0.0232. The number of hydrogen-bond acceptors (Lipinski definition) is 3. The molecule has 0 radical (unpaired) electrons. The van der Waals surface area contributed by atoms with Crippen molar-refractivity contribution < 1.29 is 0 Å². The van der Waals surface area contributed by atoms with Gasteiger partial charge in [-0.3, -0.25) is 0 Å². The van der Waals surface area contributed by atoms with Crippen molar-refractivity contribution in [1.82, 2.24) is 15.0 Å². The summed E-state index contributed by atoms with van der Waals surface area (Å²) in [6.45, 7) is 3.95. The van der Waals surface area contributed by atoms with Crippen molar-refractivity contribution >= 4 is 16.9 Å². The highest BCUT2D eigenvalue weighted by molar-refractivity contribution is 5.88. The number of fused-ring (bicyclic) bond motifs is 1. The van der Waals surface area contributed by atoms with E-state index in [2.05, 4.69) is 74.9 Å². The SMILES string of the molecule is Cc1nc(NC(c2ccccc2)c2ccccc2)c2cc(C)[nH]c2n1. The maximum atomic E-state index is 4.66. The van der Waals surface area contributed by atoms with Gasteiger partial charge in [0.15, 0.2) is 0 Å².